The molecule has 0 bridgehead atoms. The summed E-state index contributed by atoms with van der Waals surface area (Å²) in [5.41, 5.74) is 2.23. The first-order chi connectivity index (χ1) is 10.8. The summed E-state index contributed by atoms with van der Waals surface area (Å²) >= 11 is 0. The van der Waals surface area contributed by atoms with Gasteiger partial charge in [-0.3, -0.25) is 9.78 Å². The van der Waals surface area contributed by atoms with Gasteiger partial charge in [-0.05, 0) is 49.9 Å². The summed E-state index contributed by atoms with van der Waals surface area (Å²) in [6.07, 6.45) is 5.53. The van der Waals surface area contributed by atoms with Gasteiger partial charge in [-0.1, -0.05) is 24.3 Å². The number of fused-ring (bicyclic) bond motifs is 1. The molecule has 0 unspecified atom stereocenters. The van der Waals surface area contributed by atoms with Crippen molar-refractivity contribution in [1.29, 1.82) is 0 Å². The molecule has 1 fully saturated rings. The number of carbonyl (C=O) groups is 1. The summed E-state index contributed by atoms with van der Waals surface area (Å²) in [5.74, 6) is 0.723. The van der Waals surface area contributed by atoms with E-state index in [-0.39, 0.29) is 30.7 Å². The van der Waals surface area contributed by atoms with Crippen LogP contribution in [0.1, 0.15) is 24.8 Å². The Morgan fingerprint density at radius 2 is 1.92 bits per heavy atom. The molecule has 1 aromatic heterocycles. The molecule has 1 aromatic carbocycles. The number of halogens is 2. The number of nitrogens with one attached hydrogen (secondary N) is 2. The van der Waals surface area contributed by atoms with E-state index >= 15 is 0 Å². The lowest BCUT2D eigenvalue weighted by molar-refractivity contribution is -0.122. The maximum Gasteiger partial charge on any atom is 0.220 e. The summed E-state index contributed by atoms with van der Waals surface area (Å²) in [5, 5.41) is 7.54. The number of amides is 1. The molecule has 1 aliphatic heterocycles. The number of aromatic nitrogens is 1. The molecular formula is C18H25Cl2N3O. The second kappa shape index (κ2) is 10.5. The van der Waals surface area contributed by atoms with Gasteiger partial charge in [-0.2, -0.15) is 0 Å². The monoisotopic (exact) mass is 369 g/mol. The highest BCUT2D eigenvalue weighted by Gasteiger charge is 2.16. The van der Waals surface area contributed by atoms with Crippen molar-refractivity contribution in [3.8, 4) is 0 Å². The highest BCUT2D eigenvalue weighted by atomic mass is 35.5. The third kappa shape index (κ3) is 5.62. The summed E-state index contributed by atoms with van der Waals surface area (Å²) < 4.78 is 0. The molecule has 1 saturated heterocycles. The average Bonchev–Trinajstić information content (AvgIpc) is 2.56. The van der Waals surface area contributed by atoms with Gasteiger partial charge in [0, 0.05) is 24.5 Å². The molecule has 24 heavy (non-hydrogen) atoms. The van der Waals surface area contributed by atoms with Crippen molar-refractivity contribution in [3.63, 3.8) is 0 Å². The molecule has 4 nitrogen and oxygen atoms in total. The maximum absolute atomic E-state index is 12.0. The Morgan fingerprint density at radius 3 is 2.71 bits per heavy atom. The minimum Gasteiger partial charge on any atom is -0.356 e. The highest BCUT2D eigenvalue weighted by molar-refractivity contribution is 5.85. The Labute approximate surface area is 155 Å². The van der Waals surface area contributed by atoms with Gasteiger partial charge in [0.1, 0.15) is 0 Å². The molecular weight excluding hydrogens is 345 g/mol. The third-order valence-corrected chi connectivity index (χ3v) is 4.37. The fourth-order valence-electron chi connectivity index (χ4n) is 3.13. The number of pyridine rings is 1. The van der Waals surface area contributed by atoms with E-state index in [0.29, 0.717) is 18.9 Å². The molecule has 0 spiro atoms. The van der Waals surface area contributed by atoms with Gasteiger partial charge in [0.25, 0.3) is 0 Å². The fraction of sp³-hybridized carbons (Fsp3) is 0.444. The standard InChI is InChI=1S/C18H23N3O.2ClH/c22-17(13-14-6-10-19-11-7-14)20-12-8-16-4-1-3-15-5-2-9-21-18(15)16;;/h1-5,9,14,19H,6-8,10-13H2,(H,20,22);2*1H. The zero-order valence-electron chi connectivity index (χ0n) is 13.7. The molecule has 0 aliphatic carbocycles. The normalized spacial score (nSPS) is 14.5. The fourth-order valence-corrected chi connectivity index (χ4v) is 3.13. The zero-order valence-corrected chi connectivity index (χ0v) is 15.3. The quantitative estimate of drug-likeness (QED) is 0.850. The van der Waals surface area contributed by atoms with E-state index in [9.17, 15) is 4.79 Å². The lowest BCUT2D eigenvalue weighted by atomic mass is 9.94. The van der Waals surface area contributed by atoms with Crippen LogP contribution in [0.15, 0.2) is 36.5 Å². The van der Waals surface area contributed by atoms with Crippen LogP contribution in [0.3, 0.4) is 0 Å². The van der Waals surface area contributed by atoms with Crippen LogP contribution in [-0.2, 0) is 11.2 Å². The first-order valence-corrected chi connectivity index (χ1v) is 8.13. The van der Waals surface area contributed by atoms with Crippen molar-refractivity contribution >= 4 is 41.6 Å². The van der Waals surface area contributed by atoms with Crippen molar-refractivity contribution in [2.75, 3.05) is 19.6 Å². The lowest BCUT2D eigenvalue weighted by Gasteiger charge is -2.21. The second-order valence-electron chi connectivity index (χ2n) is 5.99. The van der Waals surface area contributed by atoms with Crippen molar-refractivity contribution < 1.29 is 4.79 Å². The summed E-state index contributed by atoms with van der Waals surface area (Å²) in [4.78, 5) is 16.5. The van der Waals surface area contributed by atoms with E-state index in [1.165, 1.54) is 5.56 Å². The predicted octanol–water partition coefficient (Wildman–Crippen LogP) is 3.13. The van der Waals surface area contributed by atoms with Crippen LogP contribution < -0.4 is 10.6 Å². The third-order valence-electron chi connectivity index (χ3n) is 4.37. The van der Waals surface area contributed by atoms with Crippen LogP contribution in [0, 0.1) is 5.92 Å². The Kier molecular flexibility index (Phi) is 9.04. The van der Waals surface area contributed by atoms with Gasteiger partial charge in [0.15, 0.2) is 0 Å². The number of rotatable bonds is 5. The first-order valence-electron chi connectivity index (χ1n) is 8.13. The molecule has 0 atom stereocenters. The molecule has 2 aromatic rings. The van der Waals surface area contributed by atoms with Crippen LogP contribution in [0.2, 0.25) is 0 Å². The molecule has 1 aliphatic rings. The maximum atomic E-state index is 12.0. The molecule has 2 heterocycles. The number of hydrogen-bond donors (Lipinski definition) is 2. The van der Waals surface area contributed by atoms with Gasteiger partial charge < -0.3 is 10.6 Å². The Balaban J connectivity index is 0.00000144. The van der Waals surface area contributed by atoms with Crippen molar-refractivity contribution in [2.24, 2.45) is 5.92 Å². The van der Waals surface area contributed by atoms with Crippen LogP contribution >= 0.6 is 24.8 Å². The average molecular weight is 370 g/mol. The Bertz CT molecular complexity index is 640. The SMILES string of the molecule is Cl.Cl.O=C(CC1CCNCC1)NCCc1cccc2cccnc12. The van der Waals surface area contributed by atoms with Gasteiger partial charge in [-0.25, -0.2) is 0 Å². The molecule has 1 amide bonds. The Hall–Kier alpha value is -1.36. The van der Waals surface area contributed by atoms with Gasteiger partial charge >= 0.3 is 0 Å². The molecule has 2 N–H and O–H groups in total. The Morgan fingerprint density at radius 1 is 1.17 bits per heavy atom. The minimum atomic E-state index is 0. The lowest BCUT2D eigenvalue weighted by Crippen LogP contribution is -2.33. The minimum absolute atomic E-state index is 0. The number of nitrogens with zero attached hydrogens (tertiary/aromatic N) is 1. The zero-order chi connectivity index (χ0) is 15.2. The molecule has 3 rings (SSSR count). The van der Waals surface area contributed by atoms with Crippen LogP contribution in [-0.4, -0.2) is 30.5 Å². The number of hydrogen-bond acceptors (Lipinski definition) is 3. The van der Waals surface area contributed by atoms with Gasteiger partial charge in [0.05, 0.1) is 5.52 Å². The van der Waals surface area contributed by atoms with E-state index in [1.54, 1.807) is 0 Å². The smallest absolute Gasteiger partial charge is 0.220 e. The topological polar surface area (TPSA) is 54.0 Å². The van der Waals surface area contributed by atoms with Crippen LogP contribution in [0.4, 0.5) is 0 Å². The largest absolute Gasteiger partial charge is 0.356 e. The van der Waals surface area contributed by atoms with Crippen molar-refractivity contribution in [3.05, 3.63) is 42.1 Å². The number of benzene rings is 1. The first kappa shape index (κ1) is 20.7. The van der Waals surface area contributed by atoms with E-state index in [2.05, 4.69) is 39.9 Å². The summed E-state index contributed by atoms with van der Waals surface area (Å²) in [6.45, 7) is 2.76. The van der Waals surface area contributed by atoms with E-state index in [4.69, 9.17) is 0 Å². The molecule has 0 saturated carbocycles. The molecule has 0 radical (unpaired) electrons. The second-order valence-corrected chi connectivity index (χ2v) is 5.99. The van der Waals surface area contributed by atoms with E-state index in [1.807, 2.05) is 12.3 Å². The van der Waals surface area contributed by atoms with E-state index in [0.717, 1.165) is 43.3 Å². The van der Waals surface area contributed by atoms with Crippen LogP contribution in [0.5, 0.6) is 0 Å². The predicted molar refractivity (Wildman–Crippen MR) is 103 cm³/mol. The van der Waals surface area contributed by atoms with E-state index < -0.39 is 0 Å². The van der Waals surface area contributed by atoms with Crippen molar-refractivity contribution in [2.45, 2.75) is 25.7 Å². The van der Waals surface area contributed by atoms with Gasteiger partial charge in [-0.15, -0.1) is 24.8 Å². The van der Waals surface area contributed by atoms with Crippen LogP contribution in [0.25, 0.3) is 10.9 Å². The summed E-state index contributed by atoms with van der Waals surface area (Å²) in [6, 6.07) is 10.2. The van der Waals surface area contributed by atoms with Crippen molar-refractivity contribution in [1.82, 2.24) is 15.6 Å². The molecule has 132 valence electrons. The number of piperidine rings is 1. The van der Waals surface area contributed by atoms with Gasteiger partial charge in [0.2, 0.25) is 5.91 Å². The number of para-hydroxylation sites is 1. The highest BCUT2D eigenvalue weighted by Crippen LogP contribution is 2.17. The number of carbonyl (C=O) groups excluding carboxylic acids is 1. The molecule has 6 heteroatoms. The summed E-state index contributed by atoms with van der Waals surface area (Å²) in [7, 11) is 0.